The number of rotatable bonds is 6. The van der Waals surface area contributed by atoms with Crippen molar-refractivity contribution in [2.75, 3.05) is 20.6 Å². The van der Waals surface area contributed by atoms with Crippen molar-refractivity contribution >= 4 is 15.8 Å². The van der Waals surface area contributed by atoms with Crippen molar-refractivity contribution < 1.29 is 13.2 Å². The number of carbonyl (C=O) groups is 1. The molecule has 106 valence electrons. The van der Waals surface area contributed by atoms with Crippen LogP contribution in [0.5, 0.6) is 0 Å². The average Bonchev–Trinajstić information content (AvgIpc) is 2.27. The third-order valence-electron chi connectivity index (χ3n) is 2.55. The fraction of sp³-hybridized carbons (Fsp3) is 0.462. The van der Waals surface area contributed by atoms with E-state index in [1.54, 1.807) is 19.1 Å². The highest BCUT2D eigenvalue weighted by Gasteiger charge is 2.18. The van der Waals surface area contributed by atoms with Gasteiger partial charge in [0.25, 0.3) is 0 Å². The Morgan fingerprint density at radius 3 is 2.53 bits per heavy atom. The van der Waals surface area contributed by atoms with Crippen LogP contribution < -0.4 is 4.72 Å². The van der Waals surface area contributed by atoms with Gasteiger partial charge in [0.15, 0.2) is 5.78 Å². The summed E-state index contributed by atoms with van der Waals surface area (Å²) in [5.74, 6) is -0.154. The maximum atomic E-state index is 12.2. The lowest BCUT2D eigenvalue weighted by molar-refractivity contribution is 0.101. The minimum Gasteiger partial charge on any atom is -0.308 e. The van der Waals surface area contributed by atoms with Crippen molar-refractivity contribution in [3.05, 3.63) is 29.8 Å². The van der Waals surface area contributed by atoms with Gasteiger partial charge in [-0.15, -0.1) is 0 Å². The topological polar surface area (TPSA) is 66.5 Å². The molecule has 0 bridgehead atoms. The molecule has 0 aromatic heterocycles. The van der Waals surface area contributed by atoms with Crippen molar-refractivity contribution in [2.45, 2.75) is 24.8 Å². The third-order valence-corrected chi connectivity index (χ3v) is 4.13. The molecule has 0 amide bonds. The molecule has 0 aliphatic rings. The fourth-order valence-corrected chi connectivity index (χ4v) is 3.08. The van der Waals surface area contributed by atoms with Crippen LogP contribution in [0.15, 0.2) is 29.2 Å². The SMILES string of the molecule is CC(=O)c1cccc(S(=O)(=O)NC(C)CN(C)C)c1. The van der Waals surface area contributed by atoms with E-state index in [2.05, 4.69) is 4.72 Å². The van der Waals surface area contributed by atoms with E-state index in [9.17, 15) is 13.2 Å². The summed E-state index contributed by atoms with van der Waals surface area (Å²) in [6.07, 6.45) is 0. The summed E-state index contributed by atoms with van der Waals surface area (Å²) in [6.45, 7) is 3.81. The highest BCUT2D eigenvalue weighted by Crippen LogP contribution is 2.12. The van der Waals surface area contributed by atoms with Crippen LogP contribution in [0, 0.1) is 0 Å². The number of hydrogen-bond acceptors (Lipinski definition) is 4. The zero-order valence-corrected chi connectivity index (χ0v) is 12.5. The van der Waals surface area contributed by atoms with Gasteiger partial charge in [0, 0.05) is 18.2 Å². The first-order valence-electron chi connectivity index (χ1n) is 6.00. The molecule has 0 saturated heterocycles. The van der Waals surface area contributed by atoms with Crippen molar-refractivity contribution in [3.63, 3.8) is 0 Å². The zero-order valence-electron chi connectivity index (χ0n) is 11.7. The van der Waals surface area contributed by atoms with E-state index in [-0.39, 0.29) is 16.7 Å². The van der Waals surface area contributed by atoms with Crippen LogP contribution in [0.3, 0.4) is 0 Å². The molecule has 0 aliphatic carbocycles. The van der Waals surface area contributed by atoms with Gasteiger partial charge >= 0.3 is 0 Å². The van der Waals surface area contributed by atoms with Crippen LogP contribution >= 0.6 is 0 Å². The predicted molar refractivity (Wildman–Crippen MR) is 74.8 cm³/mol. The van der Waals surface area contributed by atoms with E-state index in [4.69, 9.17) is 0 Å². The van der Waals surface area contributed by atoms with Gasteiger partial charge in [-0.1, -0.05) is 12.1 Å². The molecular formula is C13H20N2O3S. The Kier molecular flexibility index (Phi) is 5.22. The molecule has 0 saturated carbocycles. The Hall–Kier alpha value is -1.24. The maximum Gasteiger partial charge on any atom is 0.240 e. The van der Waals surface area contributed by atoms with Crippen LogP contribution in [-0.2, 0) is 10.0 Å². The third kappa shape index (κ3) is 4.74. The Labute approximate surface area is 114 Å². The smallest absolute Gasteiger partial charge is 0.240 e. The van der Waals surface area contributed by atoms with Gasteiger partial charge in [0.1, 0.15) is 0 Å². The van der Waals surface area contributed by atoms with E-state index in [1.807, 2.05) is 19.0 Å². The Bertz CT molecular complexity index is 553. The Balaban J connectivity index is 2.94. The lowest BCUT2D eigenvalue weighted by Crippen LogP contribution is -2.39. The molecule has 0 radical (unpaired) electrons. The second kappa shape index (κ2) is 6.27. The number of sulfonamides is 1. The van der Waals surface area contributed by atoms with Gasteiger partial charge in [0.05, 0.1) is 4.90 Å². The summed E-state index contributed by atoms with van der Waals surface area (Å²) in [6, 6.07) is 5.84. The summed E-state index contributed by atoms with van der Waals surface area (Å²) in [7, 11) is 0.162. The molecule has 1 unspecified atom stereocenters. The molecule has 1 N–H and O–H groups in total. The number of benzene rings is 1. The number of nitrogens with one attached hydrogen (secondary N) is 1. The number of nitrogens with zero attached hydrogens (tertiary/aromatic N) is 1. The van der Waals surface area contributed by atoms with Crippen LogP contribution in [0.25, 0.3) is 0 Å². The van der Waals surface area contributed by atoms with Gasteiger partial charge < -0.3 is 4.90 Å². The van der Waals surface area contributed by atoms with Crippen molar-refractivity contribution in [1.82, 2.24) is 9.62 Å². The summed E-state index contributed by atoms with van der Waals surface area (Å²) in [5, 5.41) is 0. The molecule has 0 aliphatic heterocycles. The van der Waals surface area contributed by atoms with Crippen molar-refractivity contribution in [1.29, 1.82) is 0 Å². The monoisotopic (exact) mass is 284 g/mol. The highest BCUT2D eigenvalue weighted by atomic mass is 32.2. The first kappa shape index (κ1) is 15.8. The summed E-state index contributed by atoms with van der Waals surface area (Å²) in [5.41, 5.74) is 0.392. The first-order chi connectivity index (χ1) is 8.72. The molecule has 0 spiro atoms. The molecule has 19 heavy (non-hydrogen) atoms. The minimum atomic E-state index is -3.59. The fourth-order valence-electron chi connectivity index (χ4n) is 1.80. The number of Topliss-reactive ketones (excluding diaryl/α,β-unsaturated/α-hetero) is 1. The number of likely N-dealkylation sites (N-methyl/N-ethyl adjacent to an activating group) is 1. The van der Waals surface area contributed by atoms with Gasteiger partial charge in [-0.3, -0.25) is 4.79 Å². The van der Waals surface area contributed by atoms with Crippen LogP contribution in [0.2, 0.25) is 0 Å². The Morgan fingerprint density at radius 1 is 1.37 bits per heavy atom. The molecule has 1 aromatic rings. The van der Waals surface area contributed by atoms with Crippen molar-refractivity contribution in [2.24, 2.45) is 0 Å². The zero-order chi connectivity index (χ0) is 14.6. The number of carbonyl (C=O) groups excluding carboxylic acids is 1. The van der Waals surface area contributed by atoms with Gasteiger partial charge in [-0.05, 0) is 40.1 Å². The molecule has 0 heterocycles. The first-order valence-corrected chi connectivity index (χ1v) is 7.49. The van der Waals surface area contributed by atoms with E-state index in [0.29, 0.717) is 12.1 Å². The maximum absolute atomic E-state index is 12.2. The van der Waals surface area contributed by atoms with E-state index < -0.39 is 10.0 Å². The Morgan fingerprint density at radius 2 is 2.00 bits per heavy atom. The molecule has 0 fully saturated rings. The van der Waals surface area contributed by atoms with Crippen molar-refractivity contribution in [3.8, 4) is 0 Å². The lowest BCUT2D eigenvalue weighted by atomic mass is 10.2. The van der Waals surface area contributed by atoms with E-state index >= 15 is 0 Å². The van der Waals surface area contributed by atoms with Crippen LogP contribution in [0.4, 0.5) is 0 Å². The number of ketones is 1. The van der Waals surface area contributed by atoms with Gasteiger partial charge in [-0.25, -0.2) is 13.1 Å². The molecule has 5 nitrogen and oxygen atoms in total. The summed E-state index contributed by atoms with van der Waals surface area (Å²) in [4.78, 5) is 13.3. The molecule has 1 aromatic carbocycles. The van der Waals surface area contributed by atoms with Gasteiger partial charge in [-0.2, -0.15) is 0 Å². The minimum absolute atomic E-state index is 0.116. The predicted octanol–water partition coefficient (Wildman–Crippen LogP) is 1.12. The van der Waals surface area contributed by atoms with E-state index in [1.165, 1.54) is 19.1 Å². The molecule has 1 rings (SSSR count). The second-order valence-electron chi connectivity index (χ2n) is 4.87. The summed E-state index contributed by atoms with van der Waals surface area (Å²) < 4.78 is 26.9. The average molecular weight is 284 g/mol. The lowest BCUT2D eigenvalue weighted by Gasteiger charge is -2.18. The molecule has 6 heteroatoms. The van der Waals surface area contributed by atoms with Crippen LogP contribution in [0.1, 0.15) is 24.2 Å². The molecular weight excluding hydrogens is 264 g/mol. The molecule has 1 atom stereocenters. The van der Waals surface area contributed by atoms with Gasteiger partial charge in [0.2, 0.25) is 10.0 Å². The second-order valence-corrected chi connectivity index (χ2v) is 6.58. The quantitative estimate of drug-likeness (QED) is 0.795. The van der Waals surface area contributed by atoms with E-state index in [0.717, 1.165) is 0 Å². The highest BCUT2D eigenvalue weighted by molar-refractivity contribution is 7.89. The summed E-state index contributed by atoms with van der Waals surface area (Å²) >= 11 is 0. The largest absolute Gasteiger partial charge is 0.308 e. The number of hydrogen-bond donors (Lipinski definition) is 1. The standard InChI is InChI=1S/C13H20N2O3S/c1-10(9-15(3)4)14-19(17,18)13-7-5-6-12(8-13)11(2)16/h5-8,10,14H,9H2,1-4H3. The van der Waals surface area contributed by atoms with Crippen LogP contribution in [-0.4, -0.2) is 45.8 Å². The normalized spacial score (nSPS) is 13.5.